The quantitative estimate of drug-likeness (QED) is 0.558. The van der Waals surface area contributed by atoms with Crippen LogP contribution in [0.2, 0.25) is 0 Å². The van der Waals surface area contributed by atoms with Gasteiger partial charge in [0.1, 0.15) is 0 Å². The molecule has 1 aliphatic heterocycles. The Labute approximate surface area is 193 Å². The van der Waals surface area contributed by atoms with E-state index in [0.29, 0.717) is 25.3 Å². The number of benzene rings is 2. The van der Waals surface area contributed by atoms with Gasteiger partial charge in [-0.05, 0) is 42.0 Å². The molecule has 1 aliphatic rings. The summed E-state index contributed by atoms with van der Waals surface area (Å²) in [7, 11) is 1.62. The molecule has 0 saturated heterocycles. The molecule has 3 aromatic rings. The Morgan fingerprint density at radius 1 is 1.12 bits per heavy atom. The molecule has 5 nitrogen and oxygen atoms in total. The van der Waals surface area contributed by atoms with Gasteiger partial charge in [0.2, 0.25) is 5.91 Å². The van der Waals surface area contributed by atoms with Gasteiger partial charge in [0.15, 0.2) is 0 Å². The minimum absolute atomic E-state index is 0.0557. The highest BCUT2D eigenvalue weighted by atomic mass is 32.1. The maximum absolute atomic E-state index is 13.6. The number of amides is 2. The van der Waals surface area contributed by atoms with Crippen molar-refractivity contribution in [2.24, 2.45) is 0 Å². The molecule has 0 aliphatic carbocycles. The molecule has 6 heteroatoms. The summed E-state index contributed by atoms with van der Waals surface area (Å²) >= 11 is 1.57. The monoisotopic (exact) mass is 448 g/mol. The standard InChI is InChI=1S/C26H28N2O3S/c1-18-7-5-8-19(17-18)12-13-27-25(29)23-20-9-3-4-10-21(20)26(30)28(14-15-31-2)24(23)22-11-6-16-32-22/h3-11,16-17,23-24H,12-15H2,1-2H3,(H,27,29). The first-order chi connectivity index (χ1) is 15.6. The van der Waals surface area contributed by atoms with Gasteiger partial charge in [0.05, 0.1) is 18.6 Å². The summed E-state index contributed by atoms with van der Waals surface area (Å²) in [6.45, 7) is 3.46. The van der Waals surface area contributed by atoms with Crippen molar-refractivity contribution in [3.8, 4) is 0 Å². The molecule has 2 atom stereocenters. The van der Waals surface area contributed by atoms with Crippen LogP contribution in [-0.4, -0.2) is 43.5 Å². The van der Waals surface area contributed by atoms with Gasteiger partial charge >= 0.3 is 0 Å². The molecule has 1 aromatic heterocycles. The average Bonchev–Trinajstić information content (AvgIpc) is 3.33. The molecule has 4 rings (SSSR count). The summed E-state index contributed by atoms with van der Waals surface area (Å²) < 4.78 is 5.27. The number of carbonyl (C=O) groups is 2. The third-order valence-corrected chi connectivity index (χ3v) is 6.83. The van der Waals surface area contributed by atoms with Crippen molar-refractivity contribution in [3.05, 3.63) is 93.2 Å². The largest absolute Gasteiger partial charge is 0.383 e. The fourth-order valence-electron chi connectivity index (χ4n) is 4.39. The second-order valence-corrected chi connectivity index (χ2v) is 9.03. The number of nitrogens with one attached hydrogen (secondary N) is 1. The van der Waals surface area contributed by atoms with Crippen LogP contribution < -0.4 is 5.32 Å². The molecule has 32 heavy (non-hydrogen) atoms. The molecule has 2 heterocycles. The van der Waals surface area contributed by atoms with Gasteiger partial charge in [-0.1, -0.05) is 54.1 Å². The van der Waals surface area contributed by atoms with E-state index in [2.05, 4.69) is 30.4 Å². The SMILES string of the molecule is COCCN1C(=O)c2ccccc2C(C(=O)NCCc2cccc(C)c2)C1c1cccs1. The first-order valence-corrected chi connectivity index (χ1v) is 11.7. The van der Waals surface area contributed by atoms with Gasteiger partial charge in [-0.25, -0.2) is 0 Å². The molecule has 0 saturated carbocycles. The maximum Gasteiger partial charge on any atom is 0.254 e. The Morgan fingerprint density at radius 3 is 2.72 bits per heavy atom. The van der Waals surface area contributed by atoms with Crippen molar-refractivity contribution in [1.29, 1.82) is 0 Å². The molecular formula is C26H28N2O3S. The van der Waals surface area contributed by atoms with Crippen LogP contribution in [0.3, 0.4) is 0 Å². The maximum atomic E-state index is 13.6. The highest BCUT2D eigenvalue weighted by molar-refractivity contribution is 7.10. The van der Waals surface area contributed by atoms with Crippen LogP contribution in [0.5, 0.6) is 0 Å². The number of ether oxygens (including phenoxy) is 1. The van der Waals surface area contributed by atoms with E-state index in [9.17, 15) is 9.59 Å². The van der Waals surface area contributed by atoms with Gasteiger partial charge in [0.25, 0.3) is 5.91 Å². The van der Waals surface area contributed by atoms with E-state index in [-0.39, 0.29) is 17.9 Å². The van der Waals surface area contributed by atoms with Crippen molar-refractivity contribution >= 4 is 23.2 Å². The van der Waals surface area contributed by atoms with Crippen LogP contribution >= 0.6 is 11.3 Å². The lowest BCUT2D eigenvalue weighted by molar-refractivity contribution is -0.124. The lowest BCUT2D eigenvalue weighted by atomic mass is 9.81. The van der Waals surface area contributed by atoms with Gasteiger partial charge in [-0.3, -0.25) is 9.59 Å². The molecule has 0 radical (unpaired) electrons. The van der Waals surface area contributed by atoms with Crippen molar-refractivity contribution in [2.75, 3.05) is 26.8 Å². The first-order valence-electron chi connectivity index (χ1n) is 10.9. The van der Waals surface area contributed by atoms with Crippen molar-refractivity contribution in [1.82, 2.24) is 10.2 Å². The molecule has 1 N–H and O–H groups in total. The Bertz CT molecular complexity index is 1080. The third-order valence-electron chi connectivity index (χ3n) is 5.89. The molecule has 2 aromatic carbocycles. The Morgan fingerprint density at radius 2 is 1.97 bits per heavy atom. The number of hydrogen-bond acceptors (Lipinski definition) is 4. The van der Waals surface area contributed by atoms with Gasteiger partial charge in [-0.15, -0.1) is 11.3 Å². The zero-order chi connectivity index (χ0) is 22.5. The molecular weight excluding hydrogens is 420 g/mol. The second kappa shape index (κ2) is 10.1. The topological polar surface area (TPSA) is 58.6 Å². The predicted molar refractivity (Wildman–Crippen MR) is 127 cm³/mol. The Balaban J connectivity index is 1.63. The zero-order valence-electron chi connectivity index (χ0n) is 18.4. The number of nitrogens with zero attached hydrogens (tertiary/aromatic N) is 1. The van der Waals surface area contributed by atoms with Gasteiger partial charge in [0, 0.05) is 30.6 Å². The second-order valence-electron chi connectivity index (χ2n) is 8.05. The van der Waals surface area contributed by atoms with E-state index >= 15 is 0 Å². The van der Waals surface area contributed by atoms with Crippen LogP contribution in [0.1, 0.15) is 43.9 Å². The summed E-state index contributed by atoms with van der Waals surface area (Å²) in [5, 5.41) is 5.13. The fraction of sp³-hybridized carbons (Fsp3) is 0.308. The van der Waals surface area contributed by atoms with E-state index in [0.717, 1.165) is 16.9 Å². The van der Waals surface area contributed by atoms with Gasteiger partial charge < -0.3 is 15.0 Å². The summed E-state index contributed by atoms with van der Waals surface area (Å²) in [5.74, 6) is -0.588. The summed E-state index contributed by atoms with van der Waals surface area (Å²) in [6, 6.07) is 19.4. The van der Waals surface area contributed by atoms with E-state index in [1.807, 2.05) is 47.8 Å². The number of thiophene rings is 1. The smallest absolute Gasteiger partial charge is 0.254 e. The normalized spacial score (nSPS) is 17.8. The fourth-order valence-corrected chi connectivity index (χ4v) is 5.27. The number of rotatable bonds is 8. The minimum atomic E-state index is -0.475. The predicted octanol–water partition coefficient (Wildman–Crippen LogP) is 4.34. The van der Waals surface area contributed by atoms with E-state index in [1.54, 1.807) is 23.3 Å². The minimum Gasteiger partial charge on any atom is -0.383 e. The summed E-state index contributed by atoms with van der Waals surface area (Å²) in [6.07, 6.45) is 0.762. The number of methoxy groups -OCH3 is 1. The van der Waals surface area contributed by atoms with Crippen LogP contribution in [0.25, 0.3) is 0 Å². The number of fused-ring (bicyclic) bond motifs is 1. The zero-order valence-corrected chi connectivity index (χ0v) is 19.2. The van der Waals surface area contributed by atoms with Crippen LogP contribution in [0, 0.1) is 6.92 Å². The number of aryl methyl sites for hydroxylation is 1. The molecule has 0 fully saturated rings. The Kier molecular flexibility index (Phi) is 7.02. The average molecular weight is 449 g/mol. The first kappa shape index (κ1) is 22.2. The van der Waals surface area contributed by atoms with Crippen LogP contribution in [-0.2, 0) is 16.0 Å². The molecule has 0 bridgehead atoms. The lowest BCUT2D eigenvalue weighted by Crippen LogP contribution is -2.48. The molecule has 166 valence electrons. The van der Waals surface area contributed by atoms with E-state index < -0.39 is 5.92 Å². The molecule has 0 spiro atoms. The van der Waals surface area contributed by atoms with Crippen LogP contribution in [0.4, 0.5) is 0 Å². The van der Waals surface area contributed by atoms with Gasteiger partial charge in [-0.2, -0.15) is 0 Å². The summed E-state index contributed by atoms with van der Waals surface area (Å²) in [5.41, 5.74) is 3.79. The molecule has 2 amide bonds. The summed E-state index contributed by atoms with van der Waals surface area (Å²) in [4.78, 5) is 29.7. The third kappa shape index (κ3) is 4.61. The Hall–Kier alpha value is -2.96. The van der Waals surface area contributed by atoms with Crippen molar-refractivity contribution in [3.63, 3.8) is 0 Å². The van der Waals surface area contributed by atoms with E-state index in [1.165, 1.54) is 11.1 Å². The van der Waals surface area contributed by atoms with E-state index in [4.69, 9.17) is 4.74 Å². The number of carbonyl (C=O) groups excluding carboxylic acids is 2. The van der Waals surface area contributed by atoms with Crippen LogP contribution in [0.15, 0.2) is 66.0 Å². The van der Waals surface area contributed by atoms with Crippen molar-refractivity contribution in [2.45, 2.75) is 25.3 Å². The van der Waals surface area contributed by atoms with Crippen molar-refractivity contribution < 1.29 is 14.3 Å². The highest BCUT2D eigenvalue weighted by Gasteiger charge is 2.44. The number of hydrogen-bond donors (Lipinski definition) is 1. The highest BCUT2D eigenvalue weighted by Crippen LogP contribution is 2.44. The molecule has 2 unspecified atom stereocenters. The lowest BCUT2D eigenvalue weighted by Gasteiger charge is -2.41.